The molecule has 0 radical (unpaired) electrons. The lowest BCUT2D eigenvalue weighted by molar-refractivity contribution is 0.104. The Labute approximate surface area is 124 Å². The first-order valence-corrected chi connectivity index (χ1v) is 7.30. The van der Waals surface area contributed by atoms with Crippen LogP contribution in [0.4, 0.5) is 0 Å². The molecule has 0 spiro atoms. The standard InChI is InChI=1S/C12H14BrN3O2S/c13-11-4-2-1-3-9(11)5-14-6-10(17)8-18-12-7-15-19-16-12/h1-4,7,10,14,17H,5-6,8H2. The lowest BCUT2D eigenvalue weighted by atomic mass is 10.2. The molecule has 0 fully saturated rings. The smallest absolute Gasteiger partial charge is 0.245 e. The second-order valence-electron chi connectivity index (χ2n) is 3.93. The molecule has 1 heterocycles. The molecule has 5 nitrogen and oxygen atoms in total. The van der Waals surface area contributed by atoms with Gasteiger partial charge in [-0.1, -0.05) is 34.1 Å². The molecule has 0 aliphatic heterocycles. The zero-order valence-corrected chi connectivity index (χ0v) is 12.5. The Bertz CT molecular complexity index is 495. The van der Waals surface area contributed by atoms with Crippen molar-refractivity contribution in [3.8, 4) is 5.88 Å². The lowest BCUT2D eigenvalue weighted by Crippen LogP contribution is -2.31. The van der Waals surface area contributed by atoms with Crippen molar-refractivity contribution in [3.05, 3.63) is 40.5 Å². The fourth-order valence-electron chi connectivity index (χ4n) is 1.48. The molecule has 1 aromatic heterocycles. The van der Waals surface area contributed by atoms with E-state index in [1.54, 1.807) is 0 Å². The number of aromatic nitrogens is 2. The van der Waals surface area contributed by atoms with Gasteiger partial charge in [0.15, 0.2) is 0 Å². The number of hydrogen-bond acceptors (Lipinski definition) is 6. The minimum atomic E-state index is -0.579. The van der Waals surface area contributed by atoms with Crippen LogP contribution in [0, 0.1) is 0 Å². The Balaban J connectivity index is 1.66. The van der Waals surface area contributed by atoms with Crippen molar-refractivity contribution >= 4 is 27.7 Å². The Hall–Kier alpha value is -1.02. The quantitative estimate of drug-likeness (QED) is 0.802. The molecule has 0 saturated heterocycles. The van der Waals surface area contributed by atoms with Crippen LogP contribution in [0.25, 0.3) is 0 Å². The van der Waals surface area contributed by atoms with Crippen molar-refractivity contribution in [2.75, 3.05) is 13.2 Å². The van der Waals surface area contributed by atoms with E-state index in [-0.39, 0.29) is 6.61 Å². The third-order valence-corrected chi connectivity index (χ3v) is 3.65. The third kappa shape index (κ3) is 4.87. The highest BCUT2D eigenvalue weighted by molar-refractivity contribution is 9.10. The summed E-state index contributed by atoms with van der Waals surface area (Å²) in [6, 6.07) is 7.97. The van der Waals surface area contributed by atoms with Gasteiger partial charge in [-0.15, -0.1) is 4.37 Å². The number of halogens is 1. The zero-order valence-electron chi connectivity index (χ0n) is 10.1. The van der Waals surface area contributed by atoms with Crippen LogP contribution < -0.4 is 10.1 Å². The van der Waals surface area contributed by atoms with Crippen LogP contribution >= 0.6 is 27.7 Å². The van der Waals surface area contributed by atoms with Gasteiger partial charge in [0.25, 0.3) is 0 Å². The number of aliphatic hydroxyl groups excluding tert-OH is 1. The maximum atomic E-state index is 9.75. The summed E-state index contributed by atoms with van der Waals surface area (Å²) in [6.07, 6.45) is 0.954. The minimum absolute atomic E-state index is 0.203. The largest absolute Gasteiger partial charge is 0.473 e. The Kier molecular flexibility index (Phi) is 5.71. The molecule has 2 rings (SSSR count). The minimum Gasteiger partial charge on any atom is -0.473 e. The fraction of sp³-hybridized carbons (Fsp3) is 0.333. The molecule has 7 heteroatoms. The first kappa shape index (κ1) is 14.4. The van der Waals surface area contributed by atoms with Gasteiger partial charge in [0, 0.05) is 17.6 Å². The number of nitrogens with one attached hydrogen (secondary N) is 1. The number of rotatable bonds is 7. The number of benzene rings is 1. The summed E-state index contributed by atoms with van der Waals surface area (Å²) in [4.78, 5) is 0. The summed E-state index contributed by atoms with van der Waals surface area (Å²) in [6.45, 7) is 1.35. The van der Waals surface area contributed by atoms with E-state index in [1.807, 2.05) is 24.3 Å². The molecule has 19 heavy (non-hydrogen) atoms. The van der Waals surface area contributed by atoms with Gasteiger partial charge >= 0.3 is 0 Å². The van der Waals surface area contributed by atoms with Crippen LogP contribution in [0.2, 0.25) is 0 Å². The van der Waals surface area contributed by atoms with Crippen molar-refractivity contribution in [3.63, 3.8) is 0 Å². The molecule has 0 aliphatic carbocycles. The molecular weight excluding hydrogens is 330 g/mol. The average Bonchev–Trinajstić information content (AvgIpc) is 2.92. The van der Waals surface area contributed by atoms with Gasteiger partial charge in [0.1, 0.15) is 18.9 Å². The van der Waals surface area contributed by atoms with Crippen molar-refractivity contribution in [1.82, 2.24) is 14.1 Å². The van der Waals surface area contributed by atoms with Crippen LogP contribution in [-0.2, 0) is 6.54 Å². The molecule has 102 valence electrons. The number of aliphatic hydroxyl groups is 1. The molecule has 0 saturated carbocycles. The van der Waals surface area contributed by atoms with Crippen molar-refractivity contribution < 1.29 is 9.84 Å². The van der Waals surface area contributed by atoms with E-state index in [4.69, 9.17) is 4.74 Å². The lowest BCUT2D eigenvalue weighted by Gasteiger charge is -2.12. The van der Waals surface area contributed by atoms with E-state index < -0.39 is 6.10 Å². The average molecular weight is 344 g/mol. The number of ether oxygens (including phenoxy) is 1. The van der Waals surface area contributed by atoms with E-state index in [0.29, 0.717) is 19.0 Å². The van der Waals surface area contributed by atoms with Gasteiger partial charge < -0.3 is 15.2 Å². The van der Waals surface area contributed by atoms with E-state index in [1.165, 1.54) is 6.20 Å². The topological polar surface area (TPSA) is 67.3 Å². The summed E-state index contributed by atoms with van der Waals surface area (Å²) >= 11 is 4.56. The molecular formula is C12H14BrN3O2S. The highest BCUT2D eigenvalue weighted by Crippen LogP contribution is 2.15. The Morgan fingerprint density at radius 3 is 3.00 bits per heavy atom. The van der Waals surface area contributed by atoms with Crippen LogP contribution in [0.5, 0.6) is 5.88 Å². The summed E-state index contributed by atoms with van der Waals surface area (Å²) in [5.41, 5.74) is 1.15. The molecule has 1 aromatic carbocycles. The normalized spacial score (nSPS) is 12.3. The summed E-state index contributed by atoms with van der Waals surface area (Å²) < 4.78 is 14.0. The Morgan fingerprint density at radius 2 is 2.26 bits per heavy atom. The first-order chi connectivity index (χ1) is 9.25. The molecule has 2 aromatic rings. The predicted molar refractivity (Wildman–Crippen MR) is 77.3 cm³/mol. The first-order valence-electron chi connectivity index (χ1n) is 5.78. The fourth-order valence-corrected chi connectivity index (χ4v) is 2.27. The van der Waals surface area contributed by atoms with Gasteiger partial charge in [-0.3, -0.25) is 0 Å². The van der Waals surface area contributed by atoms with Crippen LogP contribution in [0.15, 0.2) is 34.9 Å². The van der Waals surface area contributed by atoms with Gasteiger partial charge in [-0.05, 0) is 11.6 Å². The van der Waals surface area contributed by atoms with E-state index in [2.05, 4.69) is 30.0 Å². The zero-order chi connectivity index (χ0) is 13.5. The maximum Gasteiger partial charge on any atom is 0.245 e. The predicted octanol–water partition coefficient (Wildman–Crippen LogP) is 1.83. The van der Waals surface area contributed by atoms with Crippen molar-refractivity contribution in [2.24, 2.45) is 0 Å². The van der Waals surface area contributed by atoms with E-state index in [0.717, 1.165) is 21.8 Å². The van der Waals surface area contributed by atoms with Gasteiger partial charge in [0.05, 0.1) is 11.7 Å². The van der Waals surface area contributed by atoms with Crippen molar-refractivity contribution in [1.29, 1.82) is 0 Å². The monoisotopic (exact) mass is 343 g/mol. The molecule has 1 unspecified atom stereocenters. The summed E-state index contributed by atoms with van der Waals surface area (Å²) in [5.74, 6) is 0.454. The Morgan fingerprint density at radius 1 is 1.42 bits per heavy atom. The van der Waals surface area contributed by atoms with Crippen molar-refractivity contribution in [2.45, 2.75) is 12.6 Å². The van der Waals surface area contributed by atoms with E-state index in [9.17, 15) is 5.11 Å². The van der Waals surface area contributed by atoms with Gasteiger partial charge in [-0.25, -0.2) is 0 Å². The second-order valence-corrected chi connectivity index (χ2v) is 5.34. The SMILES string of the molecule is OC(CNCc1ccccc1Br)COc1cnsn1. The second kappa shape index (κ2) is 7.54. The molecule has 0 amide bonds. The summed E-state index contributed by atoms with van der Waals surface area (Å²) in [5, 5.41) is 12.9. The third-order valence-electron chi connectivity index (χ3n) is 2.42. The highest BCUT2D eigenvalue weighted by atomic mass is 79.9. The molecule has 2 N–H and O–H groups in total. The van der Waals surface area contributed by atoms with Crippen LogP contribution in [-0.4, -0.2) is 33.1 Å². The highest BCUT2D eigenvalue weighted by Gasteiger charge is 2.06. The van der Waals surface area contributed by atoms with Gasteiger partial charge in [-0.2, -0.15) is 4.37 Å². The number of hydrogen-bond donors (Lipinski definition) is 2. The summed E-state index contributed by atoms with van der Waals surface area (Å²) in [7, 11) is 0. The van der Waals surface area contributed by atoms with Gasteiger partial charge in [0.2, 0.25) is 5.88 Å². The van der Waals surface area contributed by atoms with E-state index >= 15 is 0 Å². The maximum absolute atomic E-state index is 9.75. The van der Waals surface area contributed by atoms with Crippen LogP contribution in [0.3, 0.4) is 0 Å². The molecule has 0 aliphatic rings. The molecule has 0 bridgehead atoms. The van der Waals surface area contributed by atoms with Crippen LogP contribution in [0.1, 0.15) is 5.56 Å². The number of nitrogens with zero attached hydrogens (tertiary/aromatic N) is 2. The molecule has 1 atom stereocenters.